The summed E-state index contributed by atoms with van der Waals surface area (Å²) in [6.45, 7) is 0. The monoisotopic (exact) mass is 341 g/mol. The maximum atomic E-state index is 14.8. The lowest BCUT2D eigenvalue weighted by Gasteiger charge is -2.12. The lowest BCUT2D eigenvalue weighted by Crippen LogP contribution is -1.90. The molecule has 0 amide bonds. The second-order valence-corrected chi connectivity index (χ2v) is 6.01. The minimum atomic E-state index is -0.308. The smallest absolute Gasteiger partial charge is 0.131 e. The van der Waals surface area contributed by atoms with Crippen molar-refractivity contribution < 1.29 is 8.78 Å². The van der Waals surface area contributed by atoms with Gasteiger partial charge in [-0.15, -0.1) is 0 Å². The zero-order valence-corrected chi connectivity index (χ0v) is 13.9. The van der Waals surface area contributed by atoms with Crippen LogP contribution in [-0.2, 0) is 0 Å². The van der Waals surface area contributed by atoms with Crippen LogP contribution in [0.4, 0.5) is 8.78 Å². The molecule has 4 rings (SSSR count). The lowest BCUT2D eigenvalue weighted by atomic mass is 9.93. The average Bonchev–Trinajstić information content (AvgIpc) is 2.69. The van der Waals surface area contributed by atoms with Gasteiger partial charge in [-0.2, -0.15) is 0 Å². The predicted molar refractivity (Wildman–Crippen MR) is 102 cm³/mol. The highest BCUT2D eigenvalue weighted by molar-refractivity contribution is 5.84. The highest BCUT2D eigenvalue weighted by Crippen LogP contribution is 2.35. The van der Waals surface area contributed by atoms with E-state index >= 15 is 0 Å². The Kier molecular flexibility index (Phi) is 4.32. The van der Waals surface area contributed by atoms with Crippen molar-refractivity contribution in [2.75, 3.05) is 0 Å². The van der Waals surface area contributed by atoms with Crippen LogP contribution >= 0.6 is 0 Å². The van der Waals surface area contributed by atoms with E-state index in [0.29, 0.717) is 22.3 Å². The van der Waals surface area contributed by atoms with Crippen molar-refractivity contribution in [3.63, 3.8) is 0 Å². The zero-order valence-electron chi connectivity index (χ0n) is 13.9. The molecule has 4 aromatic carbocycles. The van der Waals surface area contributed by atoms with Gasteiger partial charge in [0.2, 0.25) is 0 Å². The van der Waals surface area contributed by atoms with Gasteiger partial charge in [0.25, 0.3) is 0 Å². The Morgan fingerprint density at radius 3 is 2.08 bits per heavy atom. The number of hydrogen-bond donors (Lipinski definition) is 0. The molecule has 4 aromatic rings. The SMILES string of the molecule is Fc1cc(-c2c[c]ccc2-c2ccccc2F)ccc1-c1ccccc1. The number of hydrogen-bond acceptors (Lipinski definition) is 0. The molecule has 1 radical (unpaired) electrons. The van der Waals surface area contributed by atoms with Crippen LogP contribution < -0.4 is 0 Å². The van der Waals surface area contributed by atoms with Crippen LogP contribution in [0, 0.1) is 17.7 Å². The van der Waals surface area contributed by atoms with Gasteiger partial charge in [0.05, 0.1) is 0 Å². The highest BCUT2D eigenvalue weighted by Gasteiger charge is 2.13. The molecule has 0 nitrogen and oxygen atoms in total. The summed E-state index contributed by atoms with van der Waals surface area (Å²) in [5.74, 6) is -0.613. The summed E-state index contributed by atoms with van der Waals surface area (Å²) in [7, 11) is 0. The molecule has 0 atom stereocenters. The van der Waals surface area contributed by atoms with Gasteiger partial charge in [-0.05, 0) is 46.5 Å². The third-order valence-electron chi connectivity index (χ3n) is 4.39. The van der Waals surface area contributed by atoms with Crippen LogP contribution in [0.1, 0.15) is 0 Å². The summed E-state index contributed by atoms with van der Waals surface area (Å²) in [4.78, 5) is 0. The van der Waals surface area contributed by atoms with Gasteiger partial charge in [-0.25, -0.2) is 8.78 Å². The Morgan fingerprint density at radius 1 is 0.538 bits per heavy atom. The summed E-state index contributed by atoms with van der Waals surface area (Å²) in [5.41, 5.74) is 4.01. The normalized spacial score (nSPS) is 10.7. The molecule has 0 fully saturated rings. The highest BCUT2D eigenvalue weighted by atomic mass is 19.1. The second-order valence-electron chi connectivity index (χ2n) is 6.01. The Labute approximate surface area is 151 Å². The number of benzene rings is 4. The van der Waals surface area contributed by atoms with E-state index in [1.54, 1.807) is 42.5 Å². The van der Waals surface area contributed by atoms with Crippen molar-refractivity contribution in [3.8, 4) is 33.4 Å². The van der Waals surface area contributed by atoms with Crippen LogP contribution in [0.5, 0.6) is 0 Å². The Bertz CT molecular complexity index is 1050. The first-order chi connectivity index (χ1) is 12.7. The van der Waals surface area contributed by atoms with Crippen molar-refractivity contribution in [1.82, 2.24) is 0 Å². The molecule has 0 saturated carbocycles. The first-order valence-electron chi connectivity index (χ1n) is 8.34. The molecular weight excluding hydrogens is 326 g/mol. The fraction of sp³-hybridized carbons (Fsp3) is 0. The van der Waals surface area contributed by atoms with Crippen molar-refractivity contribution in [2.45, 2.75) is 0 Å². The van der Waals surface area contributed by atoms with Crippen LogP contribution in [0.25, 0.3) is 33.4 Å². The van der Waals surface area contributed by atoms with Gasteiger partial charge in [0, 0.05) is 11.1 Å². The maximum Gasteiger partial charge on any atom is 0.131 e. The maximum absolute atomic E-state index is 14.8. The van der Waals surface area contributed by atoms with Crippen LogP contribution in [0.2, 0.25) is 0 Å². The minimum absolute atomic E-state index is 0.304. The van der Waals surface area contributed by atoms with E-state index in [1.807, 2.05) is 36.4 Å². The summed E-state index contributed by atoms with van der Waals surface area (Å²) in [5, 5.41) is 0. The molecule has 0 aromatic heterocycles. The quantitative estimate of drug-likeness (QED) is 0.386. The van der Waals surface area contributed by atoms with E-state index in [0.717, 1.165) is 11.1 Å². The molecular formula is C24H15F2. The number of halogens is 2. The van der Waals surface area contributed by atoms with Crippen LogP contribution in [0.15, 0.2) is 91.0 Å². The molecule has 0 aliphatic carbocycles. The van der Waals surface area contributed by atoms with E-state index in [4.69, 9.17) is 0 Å². The summed E-state index contributed by atoms with van der Waals surface area (Å²) in [6.07, 6.45) is 0. The fourth-order valence-corrected chi connectivity index (χ4v) is 3.12. The van der Waals surface area contributed by atoms with E-state index in [9.17, 15) is 8.78 Å². The molecule has 26 heavy (non-hydrogen) atoms. The van der Waals surface area contributed by atoms with Gasteiger partial charge < -0.3 is 0 Å². The molecule has 0 N–H and O–H groups in total. The molecule has 2 heteroatoms. The van der Waals surface area contributed by atoms with Crippen molar-refractivity contribution in [1.29, 1.82) is 0 Å². The van der Waals surface area contributed by atoms with E-state index < -0.39 is 0 Å². The summed E-state index contributed by atoms with van der Waals surface area (Å²) >= 11 is 0. The van der Waals surface area contributed by atoms with Gasteiger partial charge in [-0.1, -0.05) is 72.8 Å². The van der Waals surface area contributed by atoms with Crippen molar-refractivity contribution in [2.24, 2.45) is 0 Å². The van der Waals surface area contributed by atoms with Crippen molar-refractivity contribution in [3.05, 3.63) is 109 Å². The van der Waals surface area contributed by atoms with Gasteiger partial charge in [0.1, 0.15) is 11.6 Å². The fourth-order valence-electron chi connectivity index (χ4n) is 3.12. The van der Waals surface area contributed by atoms with E-state index in [2.05, 4.69) is 6.07 Å². The van der Waals surface area contributed by atoms with E-state index in [1.165, 1.54) is 12.1 Å². The molecule has 0 bridgehead atoms. The first kappa shape index (κ1) is 16.2. The molecule has 0 aliphatic heterocycles. The van der Waals surface area contributed by atoms with E-state index in [-0.39, 0.29) is 11.6 Å². The average molecular weight is 341 g/mol. The molecule has 0 saturated heterocycles. The van der Waals surface area contributed by atoms with Gasteiger partial charge >= 0.3 is 0 Å². The standard InChI is InChI=1S/C24H15F2/c25-23-13-7-6-12-22(23)21-11-5-4-10-19(21)18-14-15-20(24(26)16-18)17-8-2-1-3-9-17/h1-3,5-16H. The molecule has 125 valence electrons. The largest absolute Gasteiger partial charge is 0.206 e. The summed E-state index contributed by atoms with van der Waals surface area (Å²) < 4.78 is 29.0. The molecule has 0 unspecified atom stereocenters. The van der Waals surface area contributed by atoms with Crippen molar-refractivity contribution >= 4 is 0 Å². The Hall–Kier alpha value is -3.26. The third kappa shape index (κ3) is 3.02. The topological polar surface area (TPSA) is 0 Å². The third-order valence-corrected chi connectivity index (χ3v) is 4.39. The molecule has 0 aliphatic rings. The Balaban J connectivity index is 1.83. The molecule has 0 heterocycles. The Morgan fingerprint density at radius 2 is 1.31 bits per heavy atom. The van der Waals surface area contributed by atoms with Gasteiger partial charge in [-0.3, -0.25) is 0 Å². The first-order valence-corrected chi connectivity index (χ1v) is 8.34. The second kappa shape index (κ2) is 6.93. The summed E-state index contributed by atoms with van der Waals surface area (Å²) in [6, 6.07) is 29.4. The predicted octanol–water partition coefficient (Wildman–Crippen LogP) is 6.77. The zero-order chi connectivity index (χ0) is 17.9. The lowest BCUT2D eigenvalue weighted by molar-refractivity contribution is 0.631. The molecule has 0 spiro atoms. The minimum Gasteiger partial charge on any atom is -0.206 e. The number of rotatable bonds is 3. The van der Waals surface area contributed by atoms with Crippen LogP contribution in [0.3, 0.4) is 0 Å². The van der Waals surface area contributed by atoms with Crippen LogP contribution in [-0.4, -0.2) is 0 Å². The van der Waals surface area contributed by atoms with Gasteiger partial charge in [0.15, 0.2) is 0 Å².